The molecule has 0 bridgehead atoms. The Balaban J connectivity index is 2.27. The fourth-order valence-electron chi connectivity index (χ4n) is 1.74. The molecule has 0 spiro atoms. The quantitative estimate of drug-likeness (QED) is 0.686. The third-order valence-electron chi connectivity index (χ3n) is 2.55. The van der Waals surface area contributed by atoms with Crippen LogP contribution in [0.1, 0.15) is 0 Å². The number of nitrogens with zero attached hydrogens (tertiary/aromatic N) is 3. The number of rotatable bonds is 1. The Kier molecular flexibility index (Phi) is 2.19. The van der Waals surface area contributed by atoms with E-state index in [2.05, 4.69) is 15.0 Å². The van der Waals surface area contributed by atoms with Gasteiger partial charge in [-0.15, -0.1) is 0 Å². The molecular weight excluding hydrogens is 212 g/mol. The summed E-state index contributed by atoms with van der Waals surface area (Å²) < 4.78 is 0. The lowest BCUT2D eigenvalue weighted by Gasteiger charge is -2.05. The minimum absolute atomic E-state index is 0.440. The molecule has 0 saturated heterocycles. The Labute approximate surface area is 98.2 Å². The fourth-order valence-corrected chi connectivity index (χ4v) is 1.74. The Morgan fingerprint density at radius 3 is 2.18 bits per heavy atom. The summed E-state index contributed by atoms with van der Waals surface area (Å²) in [4.78, 5) is 12.9. The van der Waals surface area contributed by atoms with Crippen LogP contribution < -0.4 is 5.73 Å². The monoisotopic (exact) mass is 222 g/mol. The Morgan fingerprint density at radius 1 is 0.824 bits per heavy atom. The SMILES string of the molecule is Nc1nc2ccccc2nc1-c1ccncc1. The van der Waals surface area contributed by atoms with Crippen molar-refractivity contribution in [3.8, 4) is 11.3 Å². The zero-order valence-electron chi connectivity index (χ0n) is 9.04. The number of nitrogen functional groups attached to an aromatic ring is 1. The average molecular weight is 222 g/mol. The van der Waals surface area contributed by atoms with Crippen LogP contribution in [-0.2, 0) is 0 Å². The third kappa shape index (κ3) is 1.69. The van der Waals surface area contributed by atoms with Crippen LogP contribution in [0.5, 0.6) is 0 Å². The molecule has 0 radical (unpaired) electrons. The lowest BCUT2D eigenvalue weighted by molar-refractivity contribution is 1.28. The number of hydrogen-bond donors (Lipinski definition) is 1. The largest absolute Gasteiger partial charge is 0.382 e. The van der Waals surface area contributed by atoms with Crippen molar-refractivity contribution >= 4 is 16.9 Å². The molecule has 0 amide bonds. The van der Waals surface area contributed by atoms with Gasteiger partial charge in [0.2, 0.25) is 0 Å². The van der Waals surface area contributed by atoms with Gasteiger partial charge in [0, 0.05) is 18.0 Å². The molecular formula is C13H10N4. The summed E-state index contributed by atoms with van der Waals surface area (Å²) in [6.45, 7) is 0. The van der Waals surface area contributed by atoms with Gasteiger partial charge < -0.3 is 5.73 Å². The molecule has 0 aliphatic heterocycles. The first-order valence-corrected chi connectivity index (χ1v) is 5.27. The number of hydrogen-bond acceptors (Lipinski definition) is 4. The van der Waals surface area contributed by atoms with Crippen molar-refractivity contribution < 1.29 is 0 Å². The number of para-hydroxylation sites is 2. The molecule has 0 atom stereocenters. The molecule has 2 heterocycles. The molecule has 3 aromatic rings. The second-order valence-electron chi connectivity index (χ2n) is 3.68. The number of aromatic nitrogens is 3. The molecule has 1 aromatic carbocycles. The Bertz CT molecular complexity index is 665. The van der Waals surface area contributed by atoms with Gasteiger partial charge in [-0.3, -0.25) is 4.98 Å². The standard InChI is InChI=1S/C13H10N4/c14-13-12(9-5-7-15-8-6-9)16-10-3-1-2-4-11(10)17-13/h1-8H,(H2,14,17). The van der Waals surface area contributed by atoms with Crippen molar-refractivity contribution in [1.29, 1.82) is 0 Å². The lowest BCUT2D eigenvalue weighted by atomic mass is 10.2. The molecule has 2 aromatic heterocycles. The van der Waals surface area contributed by atoms with Crippen molar-refractivity contribution in [1.82, 2.24) is 15.0 Å². The number of nitrogens with two attached hydrogens (primary N) is 1. The molecule has 0 saturated carbocycles. The molecule has 17 heavy (non-hydrogen) atoms. The van der Waals surface area contributed by atoms with Crippen LogP contribution in [0.3, 0.4) is 0 Å². The minimum atomic E-state index is 0.440. The van der Waals surface area contributed by atoms with Crippen molar-refractivity contribution in [2.24, 2.45) is 0 Å². The topological polar surface area (TPSA) is 64.7 Å². The summed E-state index contributed by atoms with van der Waals surface area (Å²) in [5.74, 6) is 0.440. The van der Waals surface area contributed by atoms with Crippen LogP contribution in [0, 0.1) is 0 Å². The maximum absolute atomic E-state index is 5.92. The number of pyridine rings is 1. The molecule has 3 rings (SSSR count). The first-order valence-electron chi connectivity index (χ1n) is 5.27. The highest BCUT2D eigenvalue weighted by Crippen LogP contribution is 2.23. The normalized spacial score (nSPS) is 10.6. The molecule has 82 valence electrons. The van der Waals surface area contributed by atoms with Gasteiger partial charge in [-0.25, -0.2) is 9.97 Å². The summed E-state index contributed by atoms with van der Waals surface area (Å²) in [5.41, 5.74) is 9.20. The molecule has 0 fully saturated rings. The second-order valence-corrected chi connectivity index (χ2v) is 3.68. The fraction of sp³-hybridized carbons (Fsp3) is 0. The zero-order chi connectivity index (χ0) is 11.7. The molecule has 0 aliphatic carbocycles. The van der Waals surface area contributed by atoms with Gasteiger partial charge in [0.05, 0.1) is 11.0 Å². The Morgan fingerprint density at radius 2 is 1.47 bits per heavy atom. The van der Waals surface area contributed by atoms with Crippen molar-refractivity contribution in [3.63, 3.8) is 0 Å². The van der Waals surface area contributed by atoms with E-state index in [1.165, 1.54) is 0 Å². The van der Waals surface area contributed by atoms with E-state index in [9.17, 15) is 0 Å². The highest BCUT2D eigenvalue weighted by molar-refractivity contribution is 5.82. The second kappa shape index (κ2) is 3.83. The van der Waals surface area contributed by atoms with Crippen molar-refractivity contribution in [2.75, 3.05) is 5.73 Å². The van der Waals surface area contributed by atoms with Crippen LogP contribution in [0.4, 0.5) is 5.82 Å². The van der Waals surface area contributed by atoms with Gasteiger partial charge in [-0.1, -0.05) is 12.1 Å². The average Bonchev–Trinajstić information content (AvgIpc) is 2.39. The van der Waals surface area contributed by atoms with E-state index in [0.29, 0.717) is 11.5 Å². The molecule has 0 unspecified atom stereocenters. The number of fused-ring (bicyclic) bond motifs is 1. The van der Waals surface area contributed by atoms with Crippen LogP contribution in [0.15, 0.2) is 48.8 Å². The molecule has 4 nitrogen and oxygen atoms in total. The van der Waals surface area contributed by atoms with Crippen LogP contribution in [0.25, 0.3) is 22.3 Å². The zero-order valence-corrected chi connectivity index (χ0v) is 9.04. The number of anilines is 1. The minimum Gasteiger partial charge on any atom is -0.382 e. The number of benzene rings is 1. The smallest absolute Gasteiger partial charge is 0.150 e. The van der Waals surface area contributed by atoms with Crippen LogP contribution >= 0.6 is 0 Å². The molecule has 2 N–H and O–H groups in total. The van der Waals surface area contributed by atoms with Gasteiger partial charge in [-0.2, -0.15) is 0 Å². The van der Waals surface area contributed by atoms with Gasteiger partial charge >= 0.3 is 0 Å². The molecule has 0 aliphatic rings. The van der Waals surface area contributed by atoms with E-state index < -0.39 is 0 Å². The van der Waals surface area contributed by atoms with Crippen molar-refractivity contribution in [3.05, 3.63) is 48.8 Å². The van der Waals surface area contributed by atoms with E-state index in [1.54, 1.807) is 12.4 Å². The summed E-state index contributed by atoms with van der Waals surface area (Å²) in [7, 11) is 0. The van der Waals surface area contributed by atoms with Gasteiger partial charge in [0.15, 0.2) is 5.82 Å². The lowest BCUT2D eigenvalue weighted by Crippen LogP contribution is -1.98. The van der Waals surface area contributed by atoms with E-state index in [0.717, 1.165) is 16.6 Å². The van der Waals surface area contributed by atoms with Gasteiger partial charge in [-0.05, 0) is 24.3 Å². The van der Waals surface area contributed by atoms with Crippen LogP contribution in [-0.4, -0.2) is 15.0 Å². The van der Waals surface area contributed by atoms with Crippen LogP contribution in [0.2, 0.25) is 0 Å². The highest BCUT2D eigenvalue weighted by Gasteiger charge is 2.07. The van der Waals surface area contributed by atoms with Gasteiger partial charge in [0.1, 0.15) is 5.69 Å². The first kappa shape index (κ1) is 9.72. The van der Waals surface area contributed by atoms with Crippen molar-refractivity contribution in [2.45, 2.75) is 0 Å². The summed E-state index contributed by atoms with van der Waals surface area (Å²) in [6, 6.07) is 11.4. The Hall–Kier alpha value is -2.49. The predicted octanol–water partition coefficient (Wildman–Crippen LogP) is 2.27. The third-order valence-corrected chi connectivity index (χ3v) is 2.55. The van der Waals surface area contributed by atoms with E-state index in [1.807, 2.05) is 36.4 Å². The van der Waals surface area contributed by atoms with E-state index >= 15 is 0 Å². The van der Waals surface area contributed by atoms with E-state index in [4.69, 9.17) is 5.73 Å². The maximum atomic E-state index is 5.92. The first-order chi connectivity index (χ1) is 8.34. The summed E-state index contributed by atoms with van der Waals surface area (Å²) in [5, 5.41) is 0. The van der Waals surface area contributed by atoms with Gasteiger partial charge in [0.25, 0.3) is 0 Å². The predicted molar refractivity (Wildman–Crippen MR) is 67.2 cm³/mol. The summed E-state index contributed by atoms with van der Waals surface area (Å²) in [6.07, 6.45) is 3.43. The van der Waals surface area contributed by atoms with E-state index in [-0.39, 0.29) is 0 Å². The molecule has 4 heteroatoms. The maximum Gasteiger partial charge on any atom is 0.150 e. The highest BCUT2D eigenvalue weighted by atomic mass is 14.9. The summed E-state index contributed by atoms with van der Waals surface area (Å²) >= 11 is 0.